The third-order valence-corrected chi connectivity index (χ3v) is 7.96. The molecule has 0 amide bonds. The molecule has 0 aliphatic carbocycles. The average molecular weight is 529 g/mol. The Balaban J connectivity index is 1.10. The average Bonchev–Trinajstić information content (AvgIpc) is 3.04. The van der Waals surface area contributed by atoms with Crippen LogP contribution >= 0.6 is 0 Å². The van der Waals surface area contributed by atoms with Gasteiger partial charge in [-0.3, -0.25) is 4.79 Å². The molecule has 6 aromatic carbocycles. The number of fused-ring (bicyclic) bond motifs is 4. The maximum Gasteiger partial charge on any atom is 0.200 e. The van der Waals surface area contributed by atoms with Gasteiger partial charge in [-0.2, -0.15) is 0 Å². The van der Waals surface area contributed by atoms with E-state index in [-0.39, 0.29) is 5.43 Å². The molecule has 0 unspecified atom stereocenters. The predicted octanol–water partition coefficient (Wildman–Crippen LogP) is 9.64. The summed E-state index contributed by atoms with van der Waals surface area (Å²) >= 11 is 0. The van der Waals surface area contributed by atoms with E-state index in [0.717, 1.165) is 40.2 Å². The minimum atomic E-state index is -0.00612. The molecule has 3 nitrogen and oxygen atoms in total. The van der Waals surface area contributed by atoms with Gasteiger partial charge in [-0.05, 0) is 93.0 Å². The van der Waals surface area contributed by atoms with Crippen LogP contribution in [0.5, 0.6) is 11.5 Å². The number of benzene rings is 6. The number of rotatable bonds is 3. The maximum atomic E-state index is 13.2. The number of ether oxygens (including phenoxy) is 1. The molecule has 0 saturated carbocycles. The van der Waals surface area contributed by atoms with Gasteiger partial charge in [0, 0.05) is 6.42 Å². The summed E-state index contributed by atoms with van der Waals surface area (Å²) in [5.41, 5.74) is 10.3. The molecule has 1 aromatic heterocycles. The largest absolute Gasteiger partial charge is 0.457 e. The molecule has 1 aliphatic heterocycles. The Kier molecular flexibility index (Phi) is 5.36. The summed E-state index contributed by atoms with van der Waals surface area (Å²) in [5, 5.41) is 1.19. The molecule has 0 spiro atoms. The van der Waals surface area contributed by atoms with Crippen molar-refractivity contribution in [2.24, 2.45) is 0 Å². The highest BCUT2D eigenvalue weighted by atomic mass is 16.5. The van der Waals surface area contributed by atoms with Gasteiger partial charge in [0.15, 0.2) is 0 Å². The van der Waals surface area contributed by atoms with Crippen LogP contribution in [0, 0.1) is 0 Å². The molecular weight excluding hydrogens is 504 g/mol. The van der Waals surface area contributed by atoms with Crippen LogP contribution in [0.3, 0.4) is 0 Å². The molecule has 2 heterocycles. The van der Waals surface area contributed by atoms with Crippen LogP contribution in [0.25, 0.3) is 55.3 Å². The van der Waals surface area contributed by atoms with Crippen molar-refractivity contribution in [1.29, 1.82) is 0 Å². The van der Waals surface area contributed by atoms with Crippen molar-refractivity contribution in [3.8, 4) is 44.9 Å². The minimum Gasteiger partial charge on any atom is -0.457 e. The fraction of sp³-hybridized carbons (Fsp3) is 0.0263. The molecule has 7 aromatic rings. The van der Waals surface area contributed by atoms with Crippen LogP contribution in [0.4, 0.5) is 0 Å². The Morgan fingerprint density at radius 1 is 0.439 bits per heavy atom. The molecule has 0 fully saturated rings. The van der Waals surface area contributed by atoms with Crippen LogP contribution in [-0.2, 0) is 6.42 Å². The standard InChI is InChI=1S/C38H24O3/c39-38-32-9-2-4-11-36(32)41-37-19-17-29(23-33(37)38)27-8-5-7-26(20-27)24-12-14-25(15-13-24)28-16-18-35-31(21-28)22-30-6-1-3-10-34(30)40-35/h1-21,23H,22H2. The first kappa shape index (κ1) is 23.5. The Morgan fingerprint density at radius 2 is 1.05 bits per heavy atom. The summed E-state index contributed by atoms with van der Waals surface area (Å²) < 4.78 is 12.1. The summed E-state index contributed by atoms with van der Waals surface area (Å²) in [5.74, 6) is 1.88. The van der Waals surface area contributed by atoms with E-state index in [4.69, 9.17) is 9.15 Å². The Labute approximate surface area is 236 Å². The zero-order valence-corrected chi connectivity index (χ0v) is 22.1. The Bertz CT molecular complexity index is 2170. The molecule has 0 saturated heterocycles. The van der Waals surface area contributed by atoms with Crippen molar-refractivity contribution < 1.29 is 9.15 Å². The summed E-state index contributed by atoms with van der Waals surface area (Å²) in [6, 6.07) is 45.0. The van der Waals surface area contributed by atoms with Crippen molar-refractivity contribution in [1.82, 2.24) is 0 Å². The highest BCUT2D eigenvalue weighted by molar-refractivity contribution is 5.92. The normalized spacial score (nSPS) is 12.1. The SMILES string of the molecule is O=c1c2ccccc2oc2ccc(-c3cccc(-c4ccc(-c5ccc6c(c5)Cc5ccccc5O6)cc4)c3)cc12. The zero-order chi connectivity index (χ0) is 27.3. The van der Waals surface area contributed by atoms with Gasteiger partial charge in [0.05, 0.1) is 10.8 Å². The van der Waals surface area contributed by atoms with Crippen molar-refractivity contribution in [3.05, 3.63) is 155 Å². The lowest BCUT2D eigenvalue weighted by atomic mass is 9.94. The first-order chi connectivity index (χ1) is 20.2. The molecule has 0 bridgehead atoms. The van der Waals surface area contributed by atoms with Gasteiger partial charge >= 0.3 is 0 Å². The minimum absolute atomic E-state index is 0.00612. The fourth-order valence-corrected chi connectivity index (χ4v) is 5.79. The van der Waals surface area contributed by atoms with Gasteiger partial charge in [-0.25, -0.2) is 0 Å². The lowest BCUT2D eigenvalue weighted by Gasteiger charge is -2.20. The number of hydrogen-bond acceptors (Lipinski definition) is 3. The highest BCUT2D eigenvalue weighted by Gasteiger charge is 2.17. The van der Waals surface area contributed by atoms with Crippen LogP contribution < -0.4 is 10.2 Å². The molecular formula is C38H24O3. The van der Waals surface area contributed by atoms with E-state index in [9.17, 15) is 4.79 Å². The number of para-hydroxylation sites is 2. The molecule has 8 rings (SSSR count). The van der Waals surface area contributed by atoms with E-state index < -0.39 is 0 Å². The van der Waals surface area contributed by atoms with Gasteiger partial charge in [-0.15, -0.1) is 0 Å². The van der Waals surface area contributed by atoms with Crippen LogP contribution in [0.1, 0.15) is 11.1 Å². The zero-order valence-electron chi connectivity index (χ0n) is 22.1. The van der Waals surface area contributed by atoms with Gasteiger partial charge in [0.2, 0.25) is 5.43 Å². The smallest absolute Gasteiger partial charge is 0.200 e. The third kappa shape index (κ3) is 4.11. The Hall–Kier alpha value is -5.41. The number of hydrogen-bond donors (Lipinski definition) is 0. The summed E-state index contributed by atoms with van der Waals surface area (Å²) in [6.45, 7) is 0. The predicted molar refractivity (Wildman–Crippen MR) is 166 cm³/mol. The summed E-state index contributed by atoms with van der Waals surface area (Å²) in [6.07, 6.45) is 0.872. The molecule has 194 valence electrons. The van der Waals surface area contributed by atoms with Gasteiger partial charge in [0.1, 0.15) is 22.7 Å². The van der Waals surface area contributed by atoms with E-state index in [1.165, 1.54) is 22.3 Å². The summed E-state index contributed by atoms with van der Waals surface area (Å²) in [4.78, 5) is 13.2. The molecule has 0 N–H and O–H groups in total. The topological polar surface area (TPSA) is 39.4 Å². The van der Waals surface area contributed by atoms with Gasteiger partial charge in [0.25, 0.3) is 0 Å². The van der Waals surface area contributed by atoms with Gasteiger partial charge in [-0.1, -0.05) is 84.9 Å². The van der Waals surface area contributed by atoms with Crippen LogP contribution in [0.15, 0.2) is 143 Å². The quantitative estimate of drug-likeness (QED) is 0.214. The molecule has 0 radical (unpaired) electrons. The third-order valence-electron chi connectivity index (χ3n) is 7.96. The lowest BCUT2D eigenvalue weighted by Crippen LogP contribution is -2.02. The van der Waals surface area contributed by atoms with Crippen molar-refractivity contribution >= 4 is 21.9 Å². The van der Waals surface area contributed by atoms with Crippen molar-refractivity contribution in [2.75, 3.05) is 0 Å². The van der Waals surface area contributed by atoms with E-state index in [1.807, 2.05) is 54.6 Å². The molecule has 41 heavy (non-hydrogen) atoms. The van der Waals surface area contributed by atoms with E-state index in [1.54, 1.807) is 0 Å². The molecule has 0 atom stereocenters. The second kappa shape index (κ2) is 9.35. The molecule has 1 aliphatic rings. The van der Waals surface area contributed by atoms with Crippen LogP contribution in [-0.4, -0.2) is 0 Å². The lowest BCUT2D eigenvalue weighted by molar-refractivity contribution is 0.460. The maximum absolute atomic E-state index is 13.2. The van der Waals surface area contributed by atoms with Gasteiger partial charge < -0.3 is 9.15 Å². The van der Waals surface area contributed by atoms with E-state index in [2.05, 4.69) is 78.9 Å². The first-order valence-corrected chi connectivity index (χ1v) is 13.8. The highest BCUT2D eigenvalue weighted by Crippen LogP contribution is 2.38. The van der Waals surface area contributed by atoms with E-state index in [0.29, 0.717) is 21.9 Å². The van der Waals surface area contributed by atoms with Crippen molar-refractivity contribution in [2.45, 2.75) is 6.42 Å². The fourth-order valence-electron chi connectivity index (χ4n) is 5.79. The second-order valence-electron chi connectivity index (χ2n) is 10.5. The Morgan fingerprint density at radius 3 is 1.90 bits per heavy atom. The second-order valence-corrected chi connectivity index (χ2v) is 10.5. The van der Waals surface area contributed by atoms with Crippen molar-refractivity contribution in [3.63, 3.8) is 0 Å². The molecule has 3 heteroatoms. The summed E-state index contributed by atoms with van der Waals surface area (Å²) in [7, 11) is 0. The van der Waals surface area contributed by atoms with Crippen LogP contribution in [0.2, 0.25) is 0 Å². The van der Waals surface area contributed by atoms with E-state index >= 15 is 0 Å². The first-order valence-electron chi connectivity index (χ1n) is 13.8. The monoisotopic (exact) mass is 528 g/mol.